The SMILES string of the molecule is COc1ccccc1N1CCN(C(=O)CN(c2ccc(S(=O)(=O)N(C)C)cc2)S(C)(=O)=O)CC1. The number of para-hydroxylation sites is 2. The molecule has 12 heteroatoms. The smallest absolute Gasteiger partial charge is 0.243 e. The van der Waals surface area contributed by atoms with Crippen LogP contribution in [0.1, 0.15) is 0 Å². The third kappa shape index (κ3) is 5.62. The standard InChI is InChI=1S/C22H30N4O6S2/c1-23(2)34(30,31)19-11-9-18(10-12-19)26(33(4,28)29)17-22(27)25-15-13-24(14-16-25)20-7-5-6-8-21(20)32-3/h5-12H,13-17H2,1-4H3. The molecule has 0 aliphatic carbocycles. The third-order valence-electron chi connectivity index (χ3n) is 5.64. The van der Waals surface area contributed by atoms with E-state index < -0.39 is 20.0 Å². The van der Waals surface area contributed by atoms with E-state index in [1.807, 2.05) is 24.3 Å². The lowest BCUT2D eigenvalue weighted by molar-refractivity contribution is -0.129. The number of carbonyl (C=O) groups excluding carboxylic acids is 1. The van der Waals surface area contributed by atoms with Gasteiger partial charge in [0.05, 0.1) is 29.6 Å². The van der Waals surface area contributed by atoms with Crippen molar-refractivity contribution in [3.63, 3.8) is 0 Å². The Hall–Kier alpha value is -2.83. The van der Waals surface area contributed by atoms with Gasteiger partial charge < -0.3 is 14.5 Å². The lowest BCUT2D eigenvalue weighted by atomic mass is 10.2. The van der Waals surface area contributed by atoms with E-state index in [0.29, 0.717) is 26.2 Å². The first-order valence-corrected chi connectivity index (χ1v) is 13.9. The Kier molecular flexibility index (Phi) is 7.74. The Morgan fingerprint density at radius 2 is 1.53 bits per heavy atom. The van der Waals surface area contributed by atoms with Gasteiger partial charge in [-0.25, -0.2) is 21.1 Å². The number of sulfonamides is 2. The average molecular weight is 511 g/mol. The number of piperazine rings is 1. The summed E-state index contributed by atoms with van der Waals surface area (Å²) in [5, 5.41) is 0. The summed E-state index contributed by atoms with van der Waals surface area (Å²) < 4.78 is 57.0. The van der Waals surface area contributed by atoms with E-state index in [0.717, 1.165) is 26.3 Å². The first-order chi connectivity index (χ1) is 15.9. The van der Waals surface area contributed by atoms with Crippen molar-refractivity contribution in [1.82, 2.24) is 9.21 Å². The van der Waals surface area contributed by atoms with Gasteiger partial charge >= 0.3 is 0 Å². The predicted molar refractivity (Wildman–Crippen MR) is 131 cm³/mol. The van der Waals surface area contributed by atoms with Crippen molar-refractivity contribution in [2.24, 2.45) is 0 Å². The highest BCUT2D eigenvalue weighted by Crippen LogP contribution is 2.28. The number of hydrogen-bond donors (Lipinski definition) is 0. The average Bonchev–Trinajstić information content (AvgIpc) is 2.81. The van der Waals surface area contributed by atoms with Crippen LogP contribution in [0.2, 0.25) is 0 Å². The fourth-order valence-corrected chi connectivity index (χ4v) is 5.46. The Morgan fingerprint density at radius 3 is 2.06 bits per heavy atom. The number of anilines is 2. The van der Waals surface area contributed by atoms with Gasteiger partial charge in [0.2, 0.25) is 26.0 Å². The molecule has 2 aromatic rings. The van der Waals surface area contributed by atoms with Gasteiger partial charge in [-0.15, -0.1) is 0 Å². The van der Waals surface area contributed by atoms with E-state index in [1.54, 1.807) is 12.0 Å². The monoisotopic (exact) mass is 510 g/mol. The first kappa shape index (κ1) is 25.8. The van der Waals surface area contributed by atoms with E-state index in [2.05, 4.69) is 4.90 Å². The van der Waals surface area contributed by atoms with Crippen molar-refractivity contribution < 1.29 is 26.4 Å². The van der Waals surface area contributed by atoms with Gasteiger partial charge in [0.1, 0.15) is 12.3 Å². The Morgan fingerprint density at radius 1 is 0.941 bits per heavy atom. The van der Waals surface area contributed by atoms with E-state index >= 15 is 0 Å². The highest BCUT2D eigenvalue weighted by molar-refractivity contribution is 7.92. The second-order valence-corrected chi connectivity index (χ2v) is 12.1. The molecule has 34 heavy (non-hydrogen) atoms. The van der Waals surface area contributed by atoms with Crippen LogP contribution in [-0.4, -0.2) is 92.1 Å². The van der Waals surface area contributed by atoms with Crippen LogP contribution in [0.3, 0.4) is 0 Å². The molecule has 2 aromatic carbocycles. The fourth-order valence-electron chi connectivity index (χ4n) is 3.71. The van der Waals surface area contributed by atoms with Gasteiger partial charge in [0.15, 0.2) is 0 Å². The molecule has 0 atom stereocenters. The number of ether oxygens (including phenoxy) is 1. The fraction of sp³-hybridized carbons (Fsp3) is 0.409. The van der Waals surface area contributed by atoms with E-state index in [4.69, 9.17) is 4.74 Å². The molecule has 1 saturated heterocycles. The molecule has 1 amide bonds. The number of nitrogens with zero attached hydrogens (tertiary/aromatic N) is 4. The summed E-state index contributed by atoms with van der Waals surface area (Å²) in [5.41, 5.74) is 1.17. The molecule has 1 fully saturated rings. The maximum atomic E-state index is 13.0. The highest BCUT2D eigenvalue weighted by atomic mass is 32.2. The molecule has 0 N–H and O–H groups in total. The van der Waals surface area contributed by atoms with Gasteiger partial charge in [-0.2, -0.15) is 0 Å². The zero-order valence-corrected chi connectivity index (χ0v) is 21.3. The summed E-state index contributed by atoms with van der Waals surface area (Å²) in [5.74, 6) is 0.431. The molecule has 1 heterocycles. The molecule has 3 rings (SSSR count). The molecule has 0 unspecified atom stereocenters. The molecule has 10 nitrogen and oxygen atoms in total. The molecule has 0 spiro atoms. The van der Waals surface area contributed by atoms with Crippen LogP contribution in [-0.2, 0) is 24.8 Å². The van der Waals surface area contributed by atoms with Crippen LogP contribution in [0.4, 0.5) is 11.4 Å². The second kappa shape index (κ2) is 10.2. The lowest BCUT2D eigenvalue weighted by Crippen LogP contribution is -2.52. The molecular weight excluding hydrogens is 480 g/mol. The summed E-state index contributed by atoms with van der Waals surface area (Å²) in [6.07, 6.45) is 1.02. The molecule has 0 bridgehead atoms. The number of carbonyl (C=O) groups is 1. The normalized spacial score (nSPS) is 14.9. The van der Waals surface area contributed by atoms with E-state index in [9.17, 15) is 21.6 Å². The van der Waals surface area contributed by atoms with Crippen LogP contribution in [0.15, 0.2) is 53.4 Å². The molecule has 1 aliphatic heterocycles. The lowest BCUT2D eigenvalue weighted by Gasteiger charge is -2.37. The summed E-state index contributed by atoms with van der Waals surface area (Å²) in [6, 6.07) is 13.1. The Balaban J connectivity index is 1.71. The van der Waals surface area contributed by atoms with Gasteiger partial charge in [-0.05, 0) is 36.4 Å². The molecule has 1 aliphatic rings. The maximum Gasteiger partial charge on any atom is 0.243 e. The molecule has 0 saturated carbocycles. The minimum atomic E-state index is -3.78. The number of methoxy groups -OCH3 is 1. The predicted octanol–water partition coefficient (Wildman–Crippen LogP) is 1.06. The minimum absolute atomic E-state index is 0.0356. The molecule has 186 valence electrons. The largest absolute Gasteiger partial charge is 0.495 e. The van der Waals surface area contributed by atoms with Crippen LogP contribution < -0.4 is 13.9 Å². The molecular formula is C22H30N4O6S2. The van der Waals surface area contributed by atoms with E-state index in [1.165, 1.54) is 38.4 Å². The summed E-state index contributed by atoms with van der Waals surface area (Å²) in [6.45, 7) is 1.68. The minimum Gasteiger partial charge on any atom is -0.495 e. The van der Waals surface area contributed by atoms with Crippen molar-refractivity contribution in [2.75, 3.05) is 69.4 Å². The first-order valence-electron chi connectivity index (χ1n) is 10.6. The summed E-state index contributed by atoms with van der Waals surface area (Å²) in [4.78, 5) is 16.8. The van der Waals surface area contributed by atoms with Gasteiger partial charge in [-0.3, -0.25) is 9.10 Å². The number of rotatable bonds is 8. The van der Waals surface area contributed by atoms with Crippen LogP contribution in [0.25, 0.3) is 0 Å². The topological polar surface area (TPSA) is 108 Å². The quantitative estimate of drug-likeness (QED) is 0.523. The van der Waals surface area contributed by atoms with Crippen molar-refractivity contribution in [3.05, 3.63) is 48.5 Å². The number of amides is 1. The van der Waals surface area contributed by atoms with Gasteiger partial charge in [0, 0.05) is 40.3 Å². The molecule has 0 radical (unpaired) electrons. The number of benzene rings is 2. The highest BCUT2D eigenvalue weighted by Gasteiger charge is 2.28. The Bertz CT molecular complexity index is 1220. The van der Waals surface area contributed by atoms with E-state index in [-0.39, 0.29) is 23.0 Å². The van der Waals surface area contributed by atoms with Crippen LogP contribution in [0.5, 0.6) is 5.75 Å². The van der Waals surface area contributed by atoms with Gasteiger partial charge in [-0.1, -0.05) is 12.1 Å². The third-order valence-corrected chi connectivity index (χ3v) is 8.61. The van der Waals surface area contributed by atoms with Crippen LogP contribution in [0, 0.1) is 0 Å². The maximum absolute atomic E-state index is 13.0. The van der Waals surface area contributed by atoms with Crippen molar-refractivity contribution >= 4 is 37.3 Å². The van der Waals surface area contributed by atoms with Gasteiger partial charge in [0.25, 0.3) is 0 Å². The summed E-state index contributed by atoms with van der Waals surface area (Å²) >= 11 is 0. The summed E-state index contributed by atoms with van der Waals surface area (Å²) in [7, 11) is -2.99. The number of hydrogen-bond acceptors (Lipinski definition) is 7. The van der Waals surface area contributed by atoms with Crippen molar-refractivity contribution in [3.8, 4) is 5.75 Å². The zero-order chi connectivity index (χ0) is 25.1. The van der Waals surface area contributed by atoms with Crippen molar-refractivity contribution in [1.29, 1.82) is 0 Å². The molecule has 0 aromatic heterocycles. The zero-order valence-electron chi connectivity index (χ0n) is 19.7. The van der Waals surface area contributed by atoms with Crippen LogP contribution >= 0.6 is 0 Å². The Labute approximate surface area is 201 Å². The van der Waals surface area contributed by atoms with Crippen molar-refractivity contribution in [2.45, 2.75) is 4.90 Å². The second-order valence-electron chi connectivity index (χ2n) is 8.09.